The molecule has 168 valence electrons. The summed E-state index contributed by atoms with van der Waals surface area (Å²) in [6.45, 7) is 9.97. The molecule has 1 N–H and O–H groups in total. The largest absolute Gasteiger partial charge is 0.352 e. The van der Waals surface area contributed by atoms with Crippen molar-refractivity contribution in [3.8, 4) is 5.69 Å². The van der Waals surface area contributed by atoms with Crippen LogP contribution in [0.25, 0.3) is 5.69 Å². The first-order chi connectivity index (χ1) is 15.2. The van der Waals surface area contributed by atoms with Gasteiger partial charge in [0.15, 0.2) is 0 Å². The van der Waals surface area contributed by atoms with E-state index in [4.69, 9.17) is 0 Å². The van der Waals surface area contributed by atoms with E-state index in [1.165, 1.54) is 0 Å². The number of carbonyl (C=O) groups is 1. The lowest BCUT2D eigenvalue weighted by molar-refractivity contribution is 0.0929. The number of benzene rings is 2. The van der Waals surface area contributed by atoms with Gasteiger partial charge in [-0.1, -0.05) is 62.7 Å². The van der Waals surface area contributed by atoms with Gasteiger partial charge in [0.25, 0.3) is 11.5 Å². The van der Waals surface area contributed by atoms with Crippen LogP contribution >= 0.6 is 0 Å². The molecule has 1 atom stereocenters. The van der Waals surface area contributed by atoms with Crippen LogP contribution in [-0.4, -0.2) is 26.3 Å². The smallest absolute Gasteiger partial charge is 0.348 e. The van der Waals surface area contributed by atoms with Crippen LogP contribution in [0.3, 0.4) is 0 Å². The van der Waals surface area contributed by atoms with Gasteiger partial charge in [-0.3, -0.25) is 14.2 Å². The third kappa shape index (κ3) is 5.04. The number of rotatable bonds is 7. The molecule has 32 heavy (non-hydrogen) atoms. The summed E-state index contributed by atoms with van der Waals surface area (Å²) in [6, 6.07) is 14.8. The van der Waals surface area contributed by atoms with Gasteiger partial charge in [-0.05, 0) is 49.4 Å². The topological polar surface area (TPSA) is 86.0 Å². The summed E-state index contributed by atoms with van der Waals surface area (Å²) in [5.41, 5.74) is 1.88. The minimum atomic E-state index is -0.702. The molecule has 1 aromatic heterocycles. The molecule has 0 unspecified atom stereocenters. The first-order valence-corrected chi connectivity index (χ1v) is 10.9. The summed E-state index contributed by atoms with van der Waals surface area (Å²) in [4.78, 5) is 39.2. The summed E-state index contributed by atoms with van der Waals surface area (Å²) in [6.07, 6.45) is 0.708. The van der Waals surface area contributed by atoms with Gasteiger partial charge in [-0.15, -0.1) is 0 Å². The van der Waals surface area contributed by atoms with Crippen molar-refractivity contribution in [2.75, 3.05) is 0 Å². The molecule has 1 heterocycles. The second-order valence-corrected chi connectivity index (χ2v) is 8.45. The molecule has 0 spiro atoms. The van der Waals surface area contributed by atoms with Crippen LogP contribution in [0, 0.1) is 6.92 Å². The highest BCUT2D eigenvalue weighted by Gasteiger charge is 2.21. The number of aryl methyl sites for hydroxylation is 1. The zero-order valence-electron chi connectivity index (χ0n) is 19.3. The van der Waals surface area contributed by atoms with Crippen molar-refractivity contribution >= 4 is 5.91 Å². The average Bonchev–Trinajstić information content (AvgIpc) is 2.78. The first-order valence-electron chi connectivity index (χ1n) is 10.9. The Hall–Kier alpha value is -3.48. The predicted molar refractivity (Wildman–Crippen MR) is 126 cm³/mol. The number of amides is 1. The zero-order chi connectivity index (χ0) is 23.4. The Morgan fingerprint density at radius 1 is 1.00 bits per heavy atom. The summed E-state index contributed by atoms with van der Waals surface area (Å²) in [5, 5.41) is 6.96. The molecule has 0 saturated heterocycles. The summed E-state index contributed by atoms with van der Waals surface area (Å²) in [5.74, 6) is -0.254. The fraction of sp³-hybridized carbons (Fsp3) is 0.360. The Labute approximate surface area is 187 Å². The highest BCUT2D eigenvalue weighted by molar-refractivity contribution is 5.91. The molecule has 2 aromatic carbocycles. The summed E-state index contributed by atoms with van der Waals surface area (Å²) in [7, 11) is 0. The van der Waals surface area contributed by atoms with E-state index >= 15 is 0 Å². The van der Waals surface area contributed by atoms with Gasteiger partial charge < -0.3 is 5.32 Å². The number of hydrogen-bond acceptors (Lipinski definition) is 4. The quantitative estimate of drug-likeness (QED) is 0.618. The first kappa shape index (κ1) is 23.2. The van der Waals surface area contributed by atoms with E-state index in [1.54, 1.807) is 12.1 Å². The highest BCUT2D eigenvalue weighted by atomic mass is 16.2. The van der Waals surface area contributed by atoms with Gasteiger partial charge in [-0.2, -0.15) is 9.78 Å². The number of aromatic nitrogens is 3. The number of nitrogens with one attached hydrogen (secondary N) is 1. The van der Waals surface area contributed by atoms with Crippen LogP contribution < -0.4 is 16.6 Å². The van der Waals surface area contributed by atoms with Crippen LogP contribution in [0.15, 0.2) is 58.1 Å². The van der Waals surface area contributed by atoms with Gasteiger partial charge in [0.2, 0.25) is 5.69 Å². The third-order valence-electron chi connectivity index (χ3n) is 5.53. The van der Waals surface area contributed by atoms with Crippen molar-refractivity contribution in [3.05, 3.63) is 91.8 Å². The fourth-order valence-electron chi connectivity index (χ4n) is 3.24. The van der Waals surface area contributed by atoms with Crippen LogP contribution in [0.4, 0.5) is 0 Å². The summed E-state index contributed by atoms with van der Waals surface area (Å²) >= 11 is 0. The zero-order valence-corrected chi connectivity index (χ0v) is 19.3. The Morgan fingerprint density at radius 3 is 2.19 bits per heavy atom. The van der Waals surface area contributed by atoms with Gasteiger partial charge in [0, 0.05) is 6.04 Å². The predicted octanol–water partition coefficient (Wildman–Crippen LogP) is 3.40. The normalized spacial score (nSPS) is 12.1. The molecule has 0 saturated carbocycles. The molecule has 0 aliphatic heterocycles. The third-order valence-corrected chi connectivity index (χ3v) is 5.53. The Morgan fingerprint density at radius 2 is 1.62 bits per heavy atom. The van der Waals surface area contributed by atoms with Gasteiger partial charge >= 0.3 is 5.69 Å². The van der Waals surface area contributed by atoms with E-state index in [9.17, 15) is 14.4 Å². The van der Waals surface area contributed by atoms with E-state index in [0.29, 0.717) is 18.0 Å². The van der Waals surface area contributed by atoms with Crippen LogP contribution in [0.5, 0.6) is 0 Å². The van der Waals surface area contributed by atoms with Gasteiger partial charge in [0.05, 0.1) is 12.2 Å². The monoisotopic (exact) mass is 434 g/mol. The molecular weight excluding hydrogens is 404 g/mol. The maximum atomic E-state index is 13.3. The Balaban J connectivity index is 2.16. The van der Waals surface area contributed by atoms with Crippen molar-refractivity contribution in [2.45, 2.75) is 59.5 Å². The van der Waals surface area contributed by atoms with E-state index < -0.39 is 17.2 Å². The highest BCUT2D eigenvalue weighted by Crippen LogP contribution is 2.15. The molecule has 0 bridgehead atoms. The molecule has 0 radical (unpaired) electrons. The van der Waals surface area contributed by atoms with Crippen molar-refractivity contribution in [2.24, 2.45) is 0 Å². The van der Waals surface area contributed by atoms with Crippen molar-refractivity contribution in [1.82, 2.24) is 19.7 Å². The van der Waals surface area contributed by atoms with Crippen molar-refractivity contribution in [3.63, 3.8) is 0 Å². The minimum absolute atomic E-state index is 0.0498. The Bertz CT molecular complexity index is 1210. The molecule has 3 rings (SSSR count). The van der Waals surface area contributed by atoms with Gasteiger partial charge in [0.1, 0.15) is 0 Å². The number of hydrogen-bond donors (Lipinski definition) is 1. The molecule has 0 aliphatic carbocycles. The van der Waals surface area contributed by atoms with Crippen molar-refractivity contribution < 1.29 is 4.79 Å². The van der Waals surface area contributed by atoms with E-state index in [-0.39, 0.29) is 18.3 Å². The average molecular weight is 435 g/mol. The van der Waals surface area contributed by atoms with E-state index in [2.05, 4.69) is 24.3 Å². The standard InChI is InChI=1S/C25H30N4O3/c1-6-18(5)26-23(30)22-24(31)28(15-19-9-7-17(4)8-10-19)25(32)29(27-22)21-13-11-20(12-14-21)16(2)3/h7-14,16,18H,6,15H2,1-5H3,(H,26,30)/t18-/m0/s1. The molecule has 1 amide bonds. The molecule has 7 nitrogen and oxygen atoms in total. The SMILES string of the molecule is CC[C@H](C)NC(=O)c1nn(-c2ccc(C(C)C)cc2)c(=O)n(Cc2ccc(C)cc2)c1=O. The second kappa shape index (κ2) is 9.77. The van der Waals surface area contributed by atoms with Crippen LogP contribution in [0.2, 0.25) is 0 Å². The van der Waals surface area contributed by atoms with Crippen LogP contribution in [-0.2, 0) is 6.54 Å². The molecule has 0 fully saturated rings. The van der Waals surface area contributed by atoms with Crippen molar-refractivity contribution in [1.29, 1.82) is 0 Å². The van der Waals surface area contributed by atoms with Gasteiger partial charge in [-0.25, -0.2) is 4.79 Å². The number of carbonyl (C=O) groups excluding carboxylic acids is 1. The minimum Gasteiger partial charge on any atom is -0.348 e. The molecule has 3 aromatic rings. The summed E-state index contributed by atoms with van der Waals surface area (Å²) < 4.78 is 2.20. The van der Waals surface area contributed by atoms with Crippen LogP contribution in [0.1, 0.15) is 67.2 Å². The Kier molecular flexibility index (Phi) is 7.08. The maximum absolute atomic E-state index is 13.3. The number of nitrogens with zero attached hydrogens (tertiary/aromatic N) is 3. The van der Waals surface area contributed by atoms with E-state index in [1.807, 2.05) is 57.2 Å². The maximum Gasteiger partial charge on any atom is 0.352 e. The fourth-order valence-corrected chi connectivity index (χ4v) is 3.24. The lowest BCUT2D eigenvalue weighted by atomic mass is 10.0. The lowest BCUT2D eigenvalue weighted by Gasteiger charge is -2.15. The lowest BCUT2D eigenvalue weighted by Crippen LogP contribution is -2.47. The molecule has 7 heteroatoms. The molecule has 0 aliphatic rings. The van der Waals surface area contributed by atoms with E-state index in [0.717, 1.165) is 25.9 Å². The second-order valence-electron chi connectivity index (χ2n) is 8.45. The molecular formula is C25H30N4O3.